The predicted molar refractivity (Wildman–Crippen MR) is 93.9 cm³/mol. The van der Waals surface area contributed by atoms with Crippen molar-refractivity contribution in [3.63, 3.8) is 0 Å². The second-order valence-electron chi connectivity index (χ2n) is 9.60. The summed E-state index contributed by atoms with van der Waals surface area (Å²) in [6.07, 6.45) is 13.2. The SMILES string of the molecule is CCCC12CC3(CCC)CC(CCN)(C1)CC(CO[N+](=O)[O-])(C2)C3. The van der Waals surface area contributed by atoms with E-state index in [9.17, 15) is 10.1 Å². The minimum absolute atomic E-state index is 0.00132. The fourth-order valence-corrected chi connectivity index (χ4v) is 8.03. The van der Waals surface area contributed by atoms with Crippen LogP contribution in [0.2, 0.25) is 0 Å². The minimum atomic E-state index is -0.590. The standard InChI is InChI=1S/C19H34N2O3/c1-3-5-16-9-17(6-4-2)11-18(10-16,7-8-20)14-19(12-16,13-17)15-24-21(22)23/h3-15,20H2,1-2H3. The fraction of sp³-hybridized carbons (Fsp3) is 1.00. The lowest BCUT2D eigenvalue weighted by molar-refractivity contribution is -0.761. The van der Waals surface area contributed by atoms with E-state index in [1.807, 2.05) is 0 Å². The molecular weight excluding hydrogens is 304 g/mol. The topological polar surface area (TPSA) is 78.4 Å². The van der Waals surface area contributed by atoms with Gasteiger partial charge in [-0.3, -0.25) is 0 Å². The van der Waals surface area contributed by atoms with Crippen molar-refractivity contribution in [2.24, 2.45) is 27.4 Å². The Kier molecular flexibility index (Phi) is 4.61. The van der Waals surface area contributed by atoms with E-state index in [0.29, 0.717) is 22.9 Å². The summed E-state index contributed by atoms with van der Waals surface area (Å²) in [6, 6.07) is 0. The van der Waals surface area contributed by atoms with Gasteiger partial charge >= 0.3 is 0 Å². The molecule has 4 aliphatic rings. The molecule has 0 heterocycles. The third-order valence-corrected chi connectivity index (χ3v) is 7.21. The van der Waals surface area contributed by atoms with Crippen molar-refractivity contribution < 1.29 is 9.92 Å². The van der Waals surface area contributed by atoms with Crippen LogP contribution in [0.25, 0.3) is 0 Å². The third-order valence-electron chi connectivity index (χ3n) is 7.21. The molecule has 0 aromatic rings. The molecule has 4 aliphatic carbocycles. The zero-order valence-corrected chi connectivity index (χ0v) is 15.4. The highest BCUT2D eigenvalue weighted by Gasteiger charge is 2.67. The van der Waals surface area contributed by atoms with Crippen LogP contribution in [0, 0.1) is 31.8 Å². The Bertz CT molecular complexity index is 430. The first-order chi connectivity index (χ1) is 11.3. The fourth-order valence-electron chi connectivity index (χ4n) is 8.03. The molecule has 0 aromatic heterocycles. The van der Waals surface area contributed by atoms with Crippen molar-refractivity contribution in [1.29, 1.82) is 0 Å². The van der Waals surface area contributed by atoms with Crippen molar-refractivity contribution in [2.45, 2.75) is 84.5 Å². The van der Waals surface area contributed by atoms with Gasteiger partial charge in [-0.1, -0.05) is 26.7 Å². The largest absolute Gasteiger partial charge is 0.330 e. The van der Waals surface area contributed by atoms with Crippen LogP contribution in [0.4, 0.5) is 0 Å². The maximum atomic E-state index is 10.9. The Morgan fingerprint density at radius 1 is 0.875 bits per heavy atom. The van der Waals surface area contributed by atoms with E-state index in [2.05, 4.69) is 13.8 Å². The molecule has 0 amide bonds. The highest BCUT2D eigenvalue weighted by atomic mass is 16.9. The summed E-state index contributed by atoms with van der Waals surface area (Å²) in [5.74, 6) is 0. The van der Waals surface area contributed by atoms with Crippen LogP contribution in [-0.4, -0.2) is 18.2 Å². The summed E-state index contributed by atoms with van der Waals surface area (Å²) in [6.45, 7) is 5.58. The van der Waals surface area contributed by atoms with Gasteiger partial charge in [-0.25, -0.2) is 0 Å². The summed E-state index contributed by atoms with van der Waals surface area (Å²) in [5.41, 5.74) is 7.05. The predicted octanol–water partition coefficient (Wildman–Crippen LogP) is 4.47. The molecule has 4 bridgehead atoms. The van der Waals surface area contributed by atoms with Gasteiger partial charge in [0.1, 0.15) is 6.61 Å². The van der Waals surface area contributed by atoms with Crippen molar-refractivity contribution in [3.8, 4) is 0 Å². The van der Waals surface area contributed by atoms with Crippen LogP contribution in [0.5, 0.6) is 0 Å². The lowest BCUT2D eigenvalue weighted by Gasteiger charge is -2.71. The molecule has 0 radical (unpaired) electrons. The molecule has 5 heteroatoms. The van der Waals surface area contributed by atoms with Gasteiger partial charge in [0.2, 0.25) is 0 Å². The van der Waals surface area contributed by atoms with Crippen LogP contribution < -0.4 is 5.73 Å². The molecule has 2 N–H and O–H groups in total. The maximum Gasteiger partial charge on any atom is 0.294 e. The normalized spacial score (nSPS) is 43.1. The number of rotatable bonds is 9. The molecule has 138 valence electrons. The van der Waals surface area contributed by atoms with Crippen molar-refractivity contribution in [3.05, 3.63) is 10.1 Å². The average molecular weight is 338 g/mol. The first-order valence-corrected chi connectivity index (χ1v) is 9.82. The lowest BCUT2D eigenvalue weighted by Crippen LogP contribution is -2.62. The molecule has 4 fully saturated rings. The van der Waals surface area contributed by atoms with Crippen molar-refractivity contribution in [1.82, 2.24) is 0 Å². The molecule has 0 spiro atoms. The van der Waals surface area contributed by atoms with Crippen molar-refractivity contribution >= 4 is 0 Å². The monoisotopic (exact) mass is 338 g/mol. The summed E-state index contributed by atoms with van der Waals surface area (Å²) >= 11 is 0. The third kappa shape index (κ3) is 3.04. The molecule has 0 saturated heterocycles. The van der Waals surface area contributed by atoms with Gasteiger partial charge in [-0.15, -0.1) is 10.1 Å². The van der Waals surface area contributed by atoms with Gasteiger partial charge in [-0.05, 0) is 86.0 Å². The Morgan fingerprint density at radius 3 is 1.67 bits per heavy atom. The molecule has 0 aliphatic heterocycles. The molecular formula is C19H34N2O3. The van der Waals surface area contributed by atoms with Crippen LogP contribution in [0.3, 0.4) is 0 Å². The second-order valence-corrected chi connectivity index (χ2v) is 9.60. The molecule has 4 rings (SSSR count). The van der Waals surface area contributed by atoms with E-state index in [1.165, 1.54) is 44.9 Å². The second kappa shape index (κ2) is 6.15. The van der Waals surface area contributed by atoms with E-state index in [-0.39, 0.29) is 5.41 Å². The number of hydrogen-bond donors (Lipinski definition) is 1. The summed E-state index contributed by atoms with van der Waals surface area (Å²) in [5, 5.41) is 10.3. The van der Waals surface area contributed by atoms with Crippen LogP contribution >= 0.6 is 0 Å². The molecule has 24 heavy (non-hydrogen) atoms. The van der Waals surface area contributed by atoms with E-state index in [0.717, 1.165) is 32.2 Å². The number of hydrogen-bond acceptors (Lipinski definition) is 4. The summed E-state index contributed by atoms with van der Waals surface area (Å²) in [4.78, 5) is 15.9. The maximum absolute atomic E-state index is 10.9. The van der Waals surface area contributed by atoms with E-state index in [4.69, 9.17) is 10.6 Å². The average Bonchev–Trinajstić information content (AvgIpc) is 2.43. The van der Waals surface area contributed by atoms with E-state index >= 15 is 0 Å². The van der Waals surface area contributed by atoms with Gasteiger partial charge in [0, 0.05) is 0 Å². The quantitative estimate of drug-likeness (QED) is 0.497. The van der Waals surface area contributed by atoms with Crippen LogP contribution in [0.15, 0.2) is 0 Å². The van der Waals surface area contributed by atoms with Crippen LogP contribution in [-0.2, 0) is 4.84 Å². The minimum Gasteiger partial charge on any atom is -0.330 e. The van der Waals surface area contributed by atoms with Gasteiger partial charge in [0.15, 0.2) is 0 Å². The molecule has 0 aromatic carbocycles. The molecule has 2 unspecified atom stereocenters. The molecule has 4 saturated carbocycles. The highest BCUT2D eigenvalue weighted by molar-refractivity contribution is 5.17. The highest BCUT2D eigenvalue weighted by Crippen LogP contribution is 2.76. The van der Waals surface area contributed by atoms with Gasteiger partial charge in [-0.2, -0.15) is 0 Å². The zero-order valence-electron chi connectivity index (χ0n) is 15.4. The Hall–Kier alpha value is -0.840. The molecule has 5 nitrogen and oxygen atoms in total. The first kappa shape index (κ1) is 18.0. The summed E-state index contributed by atoms with van der Waals surface area (Å²) in [7, 11) is 0. The van der Waals surface area contributed by atoms with Gasteiger partial charge in [0.25, 0.3) is 5.09 Å². The van der Waals surface area contributed by atoms with E-state index < -0.39 is 5.09 Å². The first-order valence-electron chi connectivity index (χ1n) is 9.82. The van der Waals surface area contributed by atoms with Gasteiger partial charge < -0.3 is 10.6 Å². The Morgan fingerprint density at radius 2 is 1.29 bits per heavy atom. The Balaban J connectivity index is 1.97. The number of nitrogens with two attached hydrogens (primary N) is 1. The van der Waals surface area contributed by atoms with E-state index in [1.54, 1.807) is 0 Å². The van der Waals surface area contributed by atoms with Crippen molar-refractivity contribution in [2.75, 3.05) is 13.2 Å². The van der Waals surface area contributed by atoms with Gasteiger partial charge in [0.05, 0.1) is 0 Å². The smallest absolute Gasteiger partial charge is 0.294 e. The molecule has 2 atom stereocenters. The van der Waals surface area contributed by atoms with Crippen LogP contribution in [0.1, 0.15) is 84.5 Å². The number of nitrogens with zero attached hydrogens (tertiary/aromatic N) is 1. The zero-order chi connectivity index (χ0) is 17.5. The lowest BCUT2D eigenvalue weighted by atomic mass is 9.34. The summed E-state index contributed by atoms with van der Waals surface area (Å²) < 4.78 is 0. The Labute approximate surface area is 145 Å².